The molecule has 0 unspecified atom stereocenters. The lowest BCUT2D eigenvalue weighted by Crippen LogP contribution is -2.68. The maximum absolute atomic E-state index is 13.7. The fraction of sp³-hybridized carbons (Fsp3) is 0.905. The van der Waals surface area contributed by atoms with Gasteiger partial charge in [0.1, 0.15) is 6.10 Å². The molecule has 8 saturated carbocycles. The van der Waals surface area contributed by atoms with Gasteiger partial charge in [-0.05, 0) is 78.9 Å². The number of ether oxygens (including phenoxy) is 2. The van der Waals surface area contributed by atoms with Crippen molar-refractivity contribution in [3.8, 4) is 0 Å². The van der Waals surface area contributed by atoms with Crippen molar-refractivity contribution in [1.82, 2.24) is 0 Å². The normalized spacial score (nSPS) is 71.7. The number of esters is 2. The molecule has 0 aromatic carbocycles. The first kappa shape index (κ1) is 14.4. The molecule has 9 fully saturated rings. The Morgan fingerprint density at radius 2 is 1.73 bits per heavy atom. The van der Waals surface area contributed by atoms with Crippen molar-refractivity contribution in [3.63, 3.8) is 0 Å². The molecule has 0 amide bonds. The van der Waals surface area contributed by atoms with Crippen LogP contribution in [0.3, 0.4) is 0 Å². The highest BCUT2D eigenvalue weighted by Crippen LogP contribution is 2.98. The average molecular weight is 419 g/mol. The van der Waals surface area contributed by atoms with Crippen LogP contribution in [0.1, 0.15) is 25.7 Å². The monoisotopic (exact) mass is 418 g/mol. The van der Waals surface area contributed by atoms with Crippen molar-refractivity contribution in [3.05, 3.63) is 0 Å². The number of hydrogen-bond acceptors (Lipinski definition) is 4. The highest BCUT2D eigenvalue weighted by Gasteiger charge is 3.02. The average Bonchev–Trinajstić information content (AvgIpc) is 3.41. The number of carbonyl (C=O) groups excluding carboxylic acids is 2. The van der Waals surface area contributed by atoms with Crippen LogP contribution in [0.2, 0.25) is 0 Å². The number of carbonyl (C=O) groups is 2. The predicted octanol–water partition coefficient (Wildman–Crippen LogP) is 2.64. The van der Waals surface area contributed by atoms with Gasteiger partial charge in [0.25, 0.3) is 0 Å². The molecule has 1 heterocycles. The Bertz CT molecular complexity index is 812. The zero-order chi connectivity index (χ0) is 17.3. The third-order valence-electron chi connectivity index (χ3n) is 11.2. The highest BCUT2D eigenvalue weighted by molar-refractivity contribution is 9.09. The molecule has 8 bridgehead atoms. The summed E-state index contributed by atoms with van der Waals surface area (Å²) in [5.41, 5.74) is -1.08. The molecule has 1 saturated heterocycles. The van der Waals surface area contributed by atoms with E-state index < -0.39 is 10.8 Å². The van der Waals surface area contributed by atoms with Crippen LogP contribution in [0.15, 0.2) is 0 Å². The van der Waals surface area contributed by atoms with Crippen LogP contribution in [0.5, 0.6) is 0 Å². The number of methoxy groups -OCH3 is 1. The topological polar surface area (TPSA) is 52.6 Å². The zero-order valence-corrected chi connectivity index (χ0v) is 16.4. The first-order chi connectivity index (χ1) is 12.6. The maximum Gasteiger partial charge on any atom is 0.314 e. The number of halogens is 1. The van der Waals surface area contributed by atoms with Crippen LogP contribution in [0.4, 0.5) is 0 Å². The molecule has 1 spiro atoms. The molecule has 5 heteroatoms. The fourth-order valence-electron chi connectivity index (χ4n) is 11.8. The highest BCUT2D eigenvalue weighted by atomic mass is 79.9. The Labute approximate surface area is 160 Å². The lowest BCUT2D eigenvalue weighted by atomic mass is 9.43. The molecule has 1 aliphatic heterocycles. The minimum Gasteiger partial charge on any atom is -0.469 e. The van der Waals surface area contributed by atoms with Gasteiger partial charge in [-0.1, -0.05) is 15.9 Å². The SMILES string of the molecule is COC(=O)[C@]12[C@@H]3[C@H]4[C@H]5[C@H]6[C@H]7[C@@H](CC[C@@H]7OC(=O)[C@]61[C@H]4[C@@H]1CC[C@H](Br)[C@H]13)[C@@H]52. The van der Waals surface area contributed by atoms with Gasteiger partial charge in [0.15, 0.2) is 0 Å². The van der Waals surface area contributed by atoms with Gasteiger partial charge in [0.05, 0.1) is 17.9 Å². The standard InChI is InChI=1S/C21H23BrO4/c1-25-18(23)20-15-7-3-5-9-11(7)17-13(15)12-14(21(17,20)19(24)26-9)6-2-4-8(22)10(6)16(12)20/h6-17H,2-5H2,1H3/t6-,7-,8+,9+,10+,11+,12+,13-,14+,15+,16+,17-,20+,21+/m1/s1. The van der Waals surface area contributed by atoms with Crippen molar-refractivity contribution >= 4 is 27.9 Å². The van der Waals surface area contributed by atoms with E-state index in [-0.39, 0.29) is 18.0 Å². The summed E-state index contributed by atoms with van der Waals surface area (Å²) in [5, 5.41) is 0. The summed E-state index contributed by atoms with van der Waals surface area (Å²) in [4.78, 5) is 27.8. The zero-order valence-electron chi connectivity index (χ0n) is 14.8. The first-order valence-corrected chi connectivity index (χ1v) is 11.5. The summed E-state index contributed by atoms with van der Waals surface area (Å²) in [6, 6.07) is 0. The van der Waals surface area contributed by atoms with Crippen molar-refractivity contribution in [2.75, 3.05) is 7.11 Å². The molecule has 8 aliphatic carbocycles. The van der Waals surface area contributed by atoms with Crippen molar-refractivity contribution < 1.29 is 19.1 Å². The maximum atomic E-state index is 13.7. The summed E-state index contributed by atoms with van der Waals surface area (Å²) in [6.45, 7) is 0. The third kappa shape index (κ3) is 0.931. The Balaban J connectivity index is 1.47. The molecular weight excluding hydrogens is 396 g/mol. The van der Waals surface area contributed by atoms with Crippen LogP contribution in [0, 0.1) is 70.0 Å². The molecule has 0 N–H and O–H groups in total. The Morgan fingerprint density at radius 3 is 2.54 bits per heavy atom. The molecule has 4 nitrogen and oxygen atoms in total. The Kier molecular flexibility index (Phi) is 2.10. The predicted molar refractivity (Wildman–Crippen MR) is 92.8 cm³/mol. The summed E-state index contributed by atoms with van der Waals surface area (Å²) in [7, 11) is 1.54. The van der Waals surface area contributed by atoms with E-state index in [0.717, 1.165) is 12.8 Å². The van der Waals surface area contributed by atoms with Crippen LogP contribution in [-0.2, 0) is 19.1 Å². The van der Waals surface area contributed by atoms with Gasteiger partial charge in [-0.15, -0.1) is 0 Å². The van der Waals surface area contributed by atoms with Crippen LogP contribution in [0.25, 0.3) is 0 Å². The van der Waals surface area contributed by atoms with Gasteiger partial charge in [0.2, 0.25) is 0 Å². The number of alkyl halides is 1. The van der Waals surface area contributed by atoms with Gasteiger partial charge in [-0.2, -0.15) is 0 Å². The summed E-state index contributed by atoms with van der Waals surface area (Å²) >= 11 is 3.97. The minimum absolute atomic E-state index is 0.00784. The fourth-order valence-corrected chi connectivity index (χ4v) is 12.8. The molecule has 14 atom stereocenters. The first-order valence-electron chi connectivity index (χ1n) is 10.5. The van der Waals surface area contributed by atoms with E-state index in [4.69, 9.17) is 9.47 Å². The molecule has 0 aromatic heterocycles. The number of hydrogen-bond donors (Lipinski definition) is 0. The van der Waals surface area contributed by atoms with E-state index in [1.54, 1.807) is 7.11 Å². The van der Waals surface area contributed by atoms with E-state index in [2.05, 4.69) is 15.9 Å². The van der Waals surface area contributed by atoms with E-state index in [1.807, 2.05) is 0 Å². The summed E-state index contributed by atoms with van der Waals surface area (Å²) < 4.78 is 11.7. The van der Waals surface area contributed by atoms with Crippen LogP contribution < -0.4 is 0 Å². The quantitative estimate of drug-likeness (QED) is 0.485. The van der Waals surface area contributed by atoms with Crippen molar-refractivity contribution in [2.45, 2.75) is 36.6 Å². The van der Waals surface area contributed by atoms with Gasteiger partial charge in [-0.3, -0.25) is 9.59 Å². The van der Waals surface area contributed by atoms with Gasteiger partial charge < -0.3 is 9.47 Å². The van der Waals surface area contributed by atoms with E-state index in [9.17, 15) is 9.59 Å². The Morgan fingerprint density at radius 1 is 1.00 bits per heavy atom. The second-order valence-electron chi connectivity index (χ2n) is 10.6. The summed E-state index contributed by atoms with van der Waals surface area (Å²) in [5.74, 6) is 5.01. The number of fused-ring (bicyclic) bond motifs is 1. The molecule has 0 radical (unpaired) electrons. The Hall–Kier alpha value is -0.580. The lowest BCUT2D eigenvalue weighted by Gasteiger charge is -2.60. The second kappa shape index (κ2) is 3.79. The molecule has 0 aromatic rings. The lowest BCUT2D eigenvalue weighted by molar-refractivity contribution is -0.232. The number of rotatable bonds is 1. The molecule has 26 heavy (non-hydrogen) atoms. The minimum atomic E-state index is -0.558. The van der Waals surface area contributed by atoms with Crippen molar-refractivity contribution in [2.24, 2.45) is 70.0 Å². The van der Waals surface area contributed by atoms with Gasteiger partial charge in [-0.25, -0.2) is 0 Å². The molecule has 138 valence electrons. The van der Waals surface area contributed by atoms with E-state index in [0.29, 0.717) is 64.0 Å². The summed E-state index contributed by atoms with van der Waals surface area (Å²) in [6.07, 6.45) is 4.71. The van der Waals surface area contributed by atoms with E-state index in [1.165, 1.54) is 12.8 Å². The van der Waals surface area contributed by atoms with E-state index >= 15 is 0 Å². The third-order valence-corrected chi connectivity index (χ3v) is 12.2. The second-order valence-corrected chi connectivity index (χ2v) is 11.8. The van der Waals surface area contributed by atoms with Gasteiger partial charge >= 0.3 is 11.9 Å². The van der Waals surface area contributed by atoms with Crippen molar-refractivity contribution in [1.29, 1.82) is 0 Å². The van der Waals surface area contributed by atoms with Crippen LogP contribution >= 0.6 is 15.9 Å². The molecular formula is C21H23BrO4. The molecule has 9 rings (SSSR count). The smallest absolute Gasteiger partial charge is 0.314 e. The molecule has 9 aliphatic rings. The largest absolute Gasteiger partial charge is 0.469 e. The van der Waals surface area contributed by atoms with Crippen LogP contribution in [-0.4, -0.2) is 30.0 Å². The van der Waals surface area contributed by atoms with Gasteiger partial charge in [0, 0.05) is 10.7 Å².